The molecule has 0 saturated carbocycles. The van der Waals surface area contributed by atoms with Crippen LogP contribution < -0.4 is 10.6 Å². The number of pyridine rings is 1. The molecule has 0 spiro atoms. The fraction of sp³-hybridized carbons (Fsp3) is 0.267. The molecule has 0 bridgehead atoms. The molecule has 0 aromatic carbocycles. The summed E-state index contributed by atoms with van der Waals surface area (Å²) in [5.74, 6) is 0. The van der Waals surface area contributed by atoms with E-state index in [2.05, 4.69) is 21.7 Å². The van der Waals surface area contributed by atoms with Crippen molar-refractivity contribution < 1.29 is 4.79 Å². The molecule has 0 radical (unpaired) electrons. The second kappa shape index (κ2) is 5.94. The molecule has 3 rings (SSSR count). The summed E-state index contributed by atoms with van der Waals surface area (Å²) in [5.41, 5.74) is 2.68. The van der Waals surface area contributed by atoms with Gasteiger partial charge in [-0.05, 0) is 36.5 Å². The van der Waals surface area contributed by atoms with Crippen LogP contribution in [0.4, 0.5) is 9.80 Å². The molecule has 21 heavy (non-hydrogen) atoms. The number of amides is 2. The number of anilines is 1. The van der Waals surface area contributed by atoms with Gasteiger partial charge in [0.1, 0.15) is 11.1 Å². The first kappa shape index (κ1) is 13.6. The number of hydrogen-bond donors (Lipinski definition) is 2. The number of thiophene rings is 1. The molecule has 6 heteroatoms. The predicted molar refractivity (Wildman–Crippen MR) is 81.2 cm³/mol. The number of aromatic nitrogens is 1. The molecule has 0 saturated heterocycles. The summed E-state index contributed by atoms with van der Waals surface area (Å²) in [6.45, 7) is 0.409. The second-order valence-electron chi connectivity index (χ2n) is 4.84. The summed E-state index contributed by atoms with van der Waals surface area (Å²) in [7, 11) is 0. The summed E-state index contributed by atoms with van der Waals surface area (Å²) in [6.07, 6.45) is 6.45. The van der Waals surface area contributed by atoms with Crippen molar-refractivity contribution in [3.63, 3.8) is 0 Å². The fourth-order valence-corrected chi connectivity index (χ4v) is 3.68. The van der Waals surface area contributed by atoms with E-state index in [9.17, 15) is 10.1 Å². The third-order valence-electron chi connectivity index (χ3n) is 3.44. The first-order valence-electron chi connectivity index (χ1n) is 6.76. The van der Waals surface area contributed by atoms with E-state index < -0.39 is 0 Å². The van der Waals surface area contributed by atoms with Gasteiger partial charge in [0.2, 0.25) is 0 Å². The van der Waals surface area contributed by atoms with Gasteiger partial charge in [0.05, 0.1) is 5.56 Å². The van der Waals surface area contributed by atoms with Crippen LogP contribution in [0.25, 0.3) is 0 Å². The zero-order valence-electron chi connectivity index (χ0n) is 11.3. The normalized spacial score (nSPS) is 12.5. The lowest BCUT2D eigenvalue weighted by molar-refractivity contribution is 0.252. The first-order valence-corrected chi connectivity index (χ1v) is 7.58. The number of hydrogen-bond acceptors (Lipinski definition) is 4. The van der Waals surface area contributed by atoms with Crippen molar-refractivity contribution in [3.8, 4) is 6.07 Å². The van der Waals surface area contributed by atoms with Crippen molar-refractivity contribution in [2.45, 2.75) is 25.8 Å². The number of carbonyl (C=O) groups is 1. The van der Waals surface area contributed by atoms with Crippen molar-refractivity contribution >= 4 is 22.4 Å². The molecule has 0 unspecified atom stereocenters. The minimum Gasteiger partial charge on any atom is -0.334 e. The molecule has 0 aliphatic heterocycles. The molecule has 1 aliphatic rings. The number of nitriles is 1. The van der Waals surface area contributed by atoms with Gasteiger partial charge >= 0.3 is 6.03 Å². The Morgan fingerprint density at radius 3 is 3.14 bits per heavy atom. The third kappa shape index (κ3) is 2.88. The van der Waals surface area contributed by atoms with Gasteiger partial charge in [-0.3, -0.25) is 10.3 Å². The SMILES string of the molecule is N#Cc1c(NC(=O)NCc2cccnc2)sc2c1CCC2. The van der Waals surface area contributed by atoms with Gasteiger partial charge in [0.25, 0.3) is 0 Å². The van der Waals surface area contributed by atoms with Crippen LogP contribution in [-0.2, 0) is 19.4 Å². The van der Waals surface area contributed by atoms with Gasteiger partial charge in [-0.2, -0.15) is 5.26 Å². The average Bonchev–Trinajstić information content (AvgIpc) is 3.06. The number of carbonyl (C=O) groups excluding carboxylic acids is 1. The van der Waals surface area contributed by atoms with E-state index in [-0.39, 0.29) is 6.03 Å². The average molecular weight is 298 g/mol. The van der Waals surface area contributed by atoms with Crippen molar-refractivity contribution in [2.24, 2.45) is 0 Å². The van der Waals surface area contributed by atoms with Crippen molar-refractivity contribution in [1.82, 2.24) is 10.3 Å². The quantitative estimate of drug-likeness (QED) is 0.914. The minimum absolute atomic E-state index is 0.296. The van der Waals surface area contributed by atoms with Crippen LogP contribution in [-0.4, -0.2) is 11.0 Å². The van der Waals surface area contributed by atoms with Gasteiger partial charge in [-0.15, -0.1) is 11.3 Å². The molecule has 1 aliphatic carbocycles. The van der Waals surface area contributed by atoms with Crippen LogP contribution in [0, 0.1) is 11.3 Å². The fourth-order valence-electron chi connectivity index (χ4n) is 2.44. The summed E-state index contributed by atoms with van der Waals surface area (Å²) < 4.78 is 0. The van der Waals surface area contributed by atoms with E-state index in [4.69, 9.17) is 0 Å². The highest BCUT2D eigenvalue weighted by Crippen LogP contribution is 2.38. The van der Waals surface area contributed by atoms with Crippen LogP contribution in [0.5, 0.6) is 0 Å². The standard InChI is InChI=1S/C15H14N4OS/c16-7-12-11-4-1-5-13(11)21-14(12)19-15(20)18-9-10-3-2-6-17-8-10/h2-3,6,8H,1,4-5,9H2,(H2,18,19,20). The molecule has 2 amide bonds. The maximum atomic E-state index is 11.9. The van der Waals surface area contributed by atoms with E-state index in [1.807, 2.05) is 12.1 Å². The van der Waals surface area contributed by atoms with E-state index in [0.29, 0.717) is 17.1 Å². The highest BCUT2D eigenvalue weighted by Gasteiger charge is 2.22. The monoisotopic (exact) mass is 298 g/mol. The number of aryl methyl sites for hydroxylation is 1. The third-order valence-corrected chi connectivity index (χ3v) is 4.64. The zero-order chi connectivity index (χ0) is 14.7. The van der Waals surface area contributed by atoms with Gasteiger partial charge in [0, 0.05) is 23.8 Å². The number of rotatable bonds is 3. The first-order chi connectivity index (χ1) is 10.3. The van der Waals surface area contributed by atoms with Gasteiger partial charge in [0.15, 0.2) is 0 Å². The van der Waals surface area contributed by atoms with Crippen molar-refractivity contribution in [1.29, 1.82) is 5.26 Å². The van der Waals surface area contributed by atoms with Crippen molar-refractivity contribution in [3.05, 3.63) is 46.1 Å². The molecule has 0 atom stereocenters. The smallest absolute Gasteiger partial charge is 0.320 e. The molecule has 5 nitrogen and oxygen atoms in total. The number of nitrogens with one attached hydrogen (secondary N) is 2. The van der Waals surface area contributed by atoms with E-state index >= 15 is 0 Å². The van der Waals surface area contributed by atoms with E-state index in [1.165, 1.54) is 16.2 Å². The summed E-state index contributed by atoms with van der Waals surface area (Å²) in [6, 6.07) is 5.64. The maximum absolute atomic E-state index is 11.9. The molecule has 2 N–H and O–H groups in total. The Morgan fingerprint density at radius 2 is 2.38 bits per heavy atom. The summed E-state index contributed by atoms with van der Waals surface area (Å²) >= 11 is 1.52. The van der Waals surface area contributed by atoms with Crippen LogP contribution in [0.1, 0.15) is 28.0 Å². The van der Waals surface area contributed by atoms with Gasteiger partial charge < -0.3 is 5.32 Å². The molecule has 2 aromatic heterocycles. The Bertz CT molecular complexity index is 702. The Balaban J connectivity index is 1.64. The molecular formula is C15H14N4OS. The Morgan fingerprint density at radius 1 is 1.48 bits per heavy atom. The summed E-state index contributed by atoms with van der Waals surface area (Å²) in [4.78, 5) is 17.2. The molecule has 2 heterocycles. The van der Waals surface area contributed by atoms with Crippen LogP contribution >= 0.6 is 11.3 Å². The lowest BCUT2D eigenvalue weighted by atomic mass is 10.1. The van der Waals surface area contributed by atoms with Crippen LogP contribution in [0.3, 0.4) is 0 Å². The number of urea groups is 1. The lowest BCUT2D eigenvalue weighted by Crippen LogP contribution is -2.28. The second-order valence-corrected chi connectivity index (χ2v) is 5.95. The topological polar surface area (TPSA) is 77.8 Å². The predicted octanol–water partition coefficient (Wildman–Crippen LogP) is 2.83. The Labute approximate surface area is 126 Å². The van der Waals surface area contributed by atoms with Crippen LogP contribution in [0.2, 0.25) is 0 Å². The Kier molecular flexibility index (Phi) is 3.84. The number of nitrogens with zero attached hydrogens (tertiary/aromatic N) is 2. The lowest BCUT2D eigenvalue weighted by Gasteiger charge is -2.06. The molecule has 2 aromatic rings. The highest BCUT2D eigenvalue weighted by atomic mass is 32.1. The van der Waals surface area contributed by atoms with Crippen molar-refractivity contribution in [2.75, 3.05) is 5.32 Å². The van der Waals surface area contributed by atoms with Gasteiger partial charge in [-0.1, -0.05) is 6.07 Å². The zero-order valence-corrected chi connectivity index (χ0v) is 12.2. The van der Waals surface area contributed by atoms with E-state index in [0.717, 1.165) is 30.4 Å². The highest BCUT2D eigenvalue weighted by molar-refractivity contribution is 7.16. The minimum atomic E-state index is -0.296. The number of fused-ring (bicyclic) bond motifs is 1. The van der Waals surface area contributed by atoms with Crippen LogP contribution in [0.15, 0.2) is 24.5 Å². The molecular weight excluding hydrogens is 284 g/mol. The molecule has 106 valence electrons. The van der Waals surface area contributed by atoms with E-state index in [1.54, 1.807) is 12.4 Å². The Hall–Kier alpha value is -2.39. The largest absolute Gasteiger partial charge is 0.334 e. The maximum Gasteiger partial charge on any atom is 0.320 e. The van der Waals surface area contributed by atoms with Gasteiger partial charge in [-0.25, -0.2) is 4.79 Å². The summed E-state index contributed by atoms with van der Waals surface area (Å²) in [5, 5.41) is 15.5. The molecule has 0 fully saturated rings.